The molecule has 1 aliphatic heterocycles. The van der Waals surface area contributed by atoms with Crippen LogP contribution in [0, 0.1) is 0 Å². The highest BCUT2D eigenvalue weighted by atomic mass is 19.4. The maximum atomic E-state index is 14.1. The Hall–Kier alpha value is -5.02. The maximum absolute atomic E-state index is 14.1. The van der Waals surface area contributed by atoms with Crippen molar-refractivity contribution in [3.63, 3.8) is 0 Å². The fraction of sp³-hybridized carbons (Fsp3) is 0.515. The normalized spacial score (nSPS) is 15.0. The molecule has 0 atom stereocenters. The smallest absolute Gasteiger partial charge is 0.475 e. The highest BCUT2D eigenvalue weighted by Crippen LogP contribution is 2.42. The average molecular weight is 923 g/mol. The van der Waals surface area contributed by atoms with E-state index < -0.39 is 119 Å². The molecule has 3 amide bonds. The van der Waals surface area contributed by atoms with Gasteiger partial charge in [0.05, 0.1) is 22.3 Å². The summed E-state index contributed by atoms with van der Waals surface area (Å²) in [5.74, 6) is -6.73. The standard InChI is InChI=1S/C29H30F12N4O2.2C2HF3O2/c30-26(31,32)19-9-17(10-20(13-19)27(33,34)35)15-25(16-18-11-21(28(36,37)38)14-22(12-18)29(39,40)41)23(46)44(7-3-1-5-42)24(47)45(25)8-4-2-6-43;2*3-2(4,5)1(6)7/h9-14H,1-8,15-16,42-43H2;2*(H,6,7). The number of carbonyl (C=O) groups excluding carboxylic acids is 2. The number of halogens is 18. The average Bonchev–Trinajstić information content (AvgIpc) is 3.26. The first-order chi connectivity index (χ1) is 27.4. The van der Waals surface area contributed by atoms with Crippen LogP contribution >= 0.6 is 0 Å². The second-order valence-electron chi connectivity index (χ2n) is 12.7. The van der Waals surface area contributed by atoms with Gasteiger partial charge in [0.2, 0.25) is 0 Å². The Labute approximate surface area is 331 Å². The fourth-order valence-corrected chi connectivity index (χ4v) is 5.44. The number of unbranched alkanes of at least 4 members (excludes halogenated alkanes) is 2. The second-order valence-corrected chi connectivity index (χ2v) is 12.7. The first kappa shape index (κ1) is 54.0. The van der Waals surface area contributed by atoms with Crippen LogP contribution in [0.2, 0.25) is 0 Å². The van der Waals surface area contributed by atoms with Crippen LogP contribution in [0.4, 0.5) is 83.8 Å². The van der Waals surface area contributed by atoms with Crippen LogP contribution in [-0.4, -0.2) is 88.0 Å². The van der Waals surface area contributed by atoms with Gasteiger partial charge in [-0.3, -0.25) is 9.69 Å². The van der Waals surface area contributed by atoms with Gasteiger partial charge < -0.3 is 26.6 Å². The largest absolute Gasteiger partial charge is 0.490 e. The first-order valence-corrected chi connectivity index (χ1v) is 16.6. The molecule has 0 saturated carbocycles. The Morgan fingerprint density at radius 2 is 0.787 bits per heavy atom. The molecule has 0 unspecified atom stereocenters. The monoisotopic (exact) mass is 922 g/mol. The number of imide groups is 1. The molecule has 1 aliphatic rings. The van der Waals surface area contributed by atoms with E-state index in [4.69, 9.17) is 31.3 Å². The number of urea groups is 1. The molecule has 28 heteroatoms. The lowest BCUT2D eigenvalue weighted by Gasteiger charge is -2.36. The number of benzene rings is 2. The van der Waals surface area contributed by atoms with Crippen LogP contribution in [0.5, 0.6) is 0 Å². The molecule has 10 nitrogen and oxygen atoms in total. The summed E-state index contributed by atoms with van der Waals surface area (Å²) in [5.41, 5.74) is -0.236. The molecular formula is C33H32F18N4O6. The summed E-state index contributed by atoms with van der Waals surface area (Å²) in [5, 5.41) is 14.2. The Balaban J connectivity index is 0.00000114. The number of carboxylic acid groups (broad SMARTS) is 2. The second kappa shape index (κ2) is 20.2. The van der Waals surface area contributed by atoms with Gasteiger partial charge in [-0.25, -0.2) is 14.4 Å². The summed E-state index contributed by atoms with van der Waals surface area (Å²) in [6.45, 7) is -0.576. The number of aliphatic carboxylic acids is 2. The lowest BCUT2D eigenvalue weighted by atomic mass is 9.81. The van der Waals surface area contributed by atoms with Gasteiger partial charge in [-0.2, -0.15) is 79.0 Å². The maximum Gasteiger partial charge on any atom is 0.490 e. The molecule has 0 spiro atoms. The summed E-state index contributed by atoms with van der Waals surface area (Å²) in [7, 11) is 0. The van der Waals surface area contributed by atoms with Gasteiger partial charge in [0.1, 0.15) is 5.54 Å². The predicted molar refractivity (Wildman–Crippen MR) is 171 cm³/mol. The van der Waals surface area contributed by atoms with Crippen molar-refractivity contribution in [1.82, 2.24) is 9.80 Å². The molecule has 0 bridgehead atoms. The third-order valence-corrected chi connectivity index (χ3v) is 8.07. The number of alkyl halides is 18. The molecule has 0 aliphatic carbocycles. The number of amides is 3. The van der Waals surface area contributed by atoms with Crippen molar-refractivity contribution in [3.05, 3.63) is 69.8 Å². The summed E-state index contributed by atoms with van der Waals surface area (Å²) >= 11 is 0. The Morgan fingerprint density at radius 3 is 1.03 bits per heavy atom. The number of nitrogens with two attached hydrogens (primary N) is 2. The van der Waals surface area contributed by atoms with Crippen molar-refractivity contribution in [1.29, 1.82) is 0 Å². The lowest BCUT2D eigenvalue weighted by molar-refractivity contribution is -0.193. The van der Waals surface area contributed by atoms with Crippen LogP contribution in [0.15, 0.2) is 36.4 Å². The number of nitrogens with zero attached hydrogens (tertiary/aromatic N) is 2. The van der Waals surface area contributed by atoms with E-state index in [1.165, 1.54) is 0 Å². The molecule has 346 valence electrons. The zero-order chi connectivity index (χ0) is 47.7. The quantitative estimate of drug-likeness (QED) is 0.0938. The summed E-state index contributed by atoms with van der Waals surface area (Å²) in [6, 6.07) is -0.283. The van der Waals surface area contributed by atoms with Crippen molar-refractivity contribution in [2.45, 2.75) is 81.1 Å². The van der Waals surface area contributed by atoms with Crippen LogP contribution in [-0.2, 0) is 51.9 Å². The number of carbonyl (C=O) groups is 4. The SMILES string of the molecule is NCCCCN1C(=O)N(CCCCN)C(Cc2cc(C(F)(F)F)cc(C(F)(F)F)c2)(Cc2cc(C(F)(F)F)cc(C(F)(F)F)c2)C1=O.O=C(O)C(F)(F)F.O=C(O)C(F)(F)F. The van der Waals surface area contributed by atoms with Crippen molar-refractivity contribution < 1.29 is 108 Å². The van der Waals surface area contributed by atoms with Crippen molar-refractivity contribution in [2.24, 2.45) is 11.5 Å². The molecule has 2 aromatic rings. The van der Waals surface area contributed by atoms with E-state index in [1.807, 2.05) is 0 Å². The van der Waals surface area contributed by atoms with Crippen LogP contribution in [0.1, 0.15) is 59.1 Å². The van der Waals surface area contributed by atoms with Gasteiger partial charge >= 0.3 is 55.0 Å². The first-order valence-electron chi connectivity index (χ1n) is 16.6. The Bertz CT molecular complexity index is 1670. The fourth-order valence-electron chi connectivity index (χ4n) is 5.44. The minimum absolute atomic E-state index is 0.0285. The van der Waals surface area contributed by atoms with Gasteiger partial charge in [0.15, 0.2) is 0 Å². The highest BCUT2D eigenvalue weighted by molar-refractivity contribution is 6.07. The zero-order valence-corrected chi connectivity index (χ0v) is 30.4. The summed E-state index contributed by atoms with van der Waals surface area (Å²) in [6.07, 6.45) is -33.1. The summed E-state index contributed by atoms with van der Waals surface area (Å²) in [4.78, 5) is 47.0. The van der Waals surface area contributed by atoms with Gasteiger partial charge in [-0.05, 0) is 86.3 Å². The third-order valence-electron chi connectivity index (χ3n) is 8.07. The van der Waals surface area contributed by atoms with E-state index >= 15 is 0 Å². The number of carboxylic acids is 2. The highest BCUT2D eigenvalue weighted by Gasteiger charge is 2.57. The molecular weight excluding hydrogens is 890 g/mol. The van der Waals surface area contributed by atoms with Crippen molar-refractivity contribution in [3.8, 4) is 0 Å². The van der Waals surface area contributed by atoms with Gasteiger partial charge in [0, 0.05) is 25.9 Å². The molecule has 1 heterocycles. The molecule has 1 fully saturated rings. The molecule has 6 N–H and O–H groups in total. The molecule has 61 heavy (non-hydrogen) atoms. The lowest BCUT2D eigenvalue weighted by Crippen LogP contribution is -2.53. The summed E-state index contributed by atoms with van der Waals surface area (Å²) < 4.78 is 228. The minimum Gasteiger partial charge on any atom is -0.475 e. The molecule has 3 rings (SSSR count). The van der Waals surface area contributed by atoms with E-state index in [-0.39, 0.29) is 81.7 Å². The number of rotatable bonds is 12. The van der Waals surface area contributed by atoms with E-state index in [2.05, 4.69) is 0 Å². The Morgan fingerprint density at radius 1 is 0.508 bits per heavy atom. The number of hydrogen-bond donors (Lipinski definition) is 4. The van der Waals surface area contributed by atoms with Crippen LogP contribution < -0.4 is 11.5 Å². The topological polar surface area (TPSA) is 167 Å². The van der Waals surface area contributed by atoms with Crippen LogP contribution in [0.25, 0.3) is 0 Å². The molecule has 0 radical (unpaired) electrons. The van der Waals surface area contributed by atoms with E-state index in [1.54, 1.807) is 0 Å². The van der Waals surface area contributed by atoms with Crippen molar-refractivity contribution in [2.75, 3.05) is 26.2 Å². The van der Waals surface area contributed by atoms with Crippen molar-refractivity contribution >= 4 is 23.9 Å². The van der Waals surface area contributed by atoms with Gasteiger partial charge in [0.25, 0.3) is 5.91 Å². The minimum atomic E-state index is -5.32. The van der Waals surface area contributed by atoms with E-state index in [0.717, 1.165) is 4.90 Å². The third kappa shape index (κ3) is 15.8. The van der Waals surface area contributed by atoms with Gasteiger partial charge in [-0.1, -0.05) is 0 Å². The van der Waals surface area contributed by atoms with E-state index in [0.29, 0.717) is 4.90 Å². The number of hydrogen-bond acceptors (Lipinski definition) is 6. The molecule has 2 aromatic carbocycles. The van der Waals surface area contributed by atoms with E-state index in [9.17, 15) is 88.6 Å². The molecule has 0 aromatic heterocycles. The predicted octanol–water partition coefficient (Wildman–Crippen LogP) is 8.29. The zero-order valence-electron chi connectivity index (χ0n) is 30.4. The van der Waals surface area contributed by atoms with Crippen LogP contribution in [0.3, 0.4) is 0 Å². The van der Waals surface area contributed by atoms with Gasteiger partial charge in [-0.15, -0.1) is 0 Å². The molecule has 1 saturated heterocycles. The Kier molecular flexibility index (Phi) is 17.9.